The van der Waals surface area contributed by atoms with E-state index < -0.39 is 23.6 Å². The van der Waals surface area contributed by atoms with E-state index in [1.807, 2.05) is 146 Å². The fraction of sp³-hybridized carbons (Fsp3) is 0.444. The number of hydrogen-bond donors (Lipinski definition) is 0. The smallest absolute Gasteiger partial charge is 0.266 e. The van der Waals surface area contributed by atoms with E-state index in [4.69, 9.17) is 47.4 Å². The summed E-state index contributed by atoms with van der Waals surface area (Å²) in [5, 5.41) is 2.81. The van der Waals surface area contributed by atoms with Crippen molar-refractivity contribution < 1.29 is 66.5 Å². The van der Waals surface area contributed by atoms with E-state index in [2.05, 4.69) is 83.1 Å². The molecular formula is C108H130N2O14. The molecule has 124 heavy (non-hydrogen) atoms. The lowest BCUT2D eigenvalue weighted by molar-refractivity contribution is 0.0874. The highest BCUT2D eigenvalue weighted by Crippen LogP contribution is 2.60. The Morgan fingerprint density at radius 3 is 0.621 bits per heavy atom. The van der Waals surface area contributed by atoms with E-state index >= 15 is 19.2 Å². The minimum absolute atomic E-state index is 0.112. The lowest BCUT2D eigenvalue weighted by atomic mass is 9.80. The molecular weight excluding hydrogens is 1550 g/mol. The van der Waals surface area contributed by atoms with Crippen LogP contribution < -0.4 is 57.2 Å². The van der Waals surface area contributed by atoms with E-state index in [1.165, 1.54) is 9.80 Å². The average Bonchev–Trinajstić information content (AvgIpc) is 0.669. The molecule has 2 aliphatic rings. The SMILES string of the molecule is CCCCC(CC)COc1cc(OCC(CC)CCCC)c(N2C(=O)c3cc(Oc4ccccc4)c4c5c(Oc6ccccc6)cc6c7c(cc(Oc8ccccc8)c(c8c(Oc9ccccc9)cc(c3c48)C2=O)c75)C(=O)N(c2c(OCC(CC)CCCC)cc(OCC(CC)CCCC)cc2OCC(CC)CCCC)C6=O)c(OCC(CC)CCCC)c1. The third kappa shape index (κ3) is 20.7. The number of carbonyl (C=O) groups is 4. The Kier molecular flexibility index (Phi) is 32.2. The molecule has 16 heteroatoms. The number of benzene rings is 11. The molecule has 0 saturated heterocycles. The van der Waals surface area contributed by atoms with E-state index in [9.17, 15) is 0 Å². The highest BCUT2D eigenvalue weighted by atomic mass is 16.5. The van der Waals surface area contributed by atoms with E-state index in [0.717, 1.165) is 154 Å². The molecule has 16 nitrogen and oxygen atoms in total. The third-order valence-electron chi connectivity index (χ3n) is 25.4. The monoisotopic (exact) mass is 1680 g/mol. The Balaban J connectivity index is 1.14. The van der Waals surface area contributed by atoms with E-state index in [1.54, 1.807) is 24.3 Å². The maximum absolute atomic E-state index is 17.3. The van der Waals surface area contributed by atoms with Crippen LogP contribution in [0.3, 0.4) is 0 Å². The molecule has 11 aromatic rings. The largest absolute Gasteiger partial charge is 0.493 e. The van der Waals surface area contributed by atoms with Crippen LogP contribution >= 0.6 is 0 Å². The second kappa shape index (κ2) is 44.0. The van der Waals surface area contributed by atoms with Crippen LogP contribution in [0.2, 0.25) is 0 Å². The predicted molar refractivity (Wildman–Crippen MR) is 502 cm³/mol. The van der Waals surface area contributed by atoms with E-state index in [0.29, 0.717) is 106 Å². The number of unbranched alkanes of at least 4 members (excludes halogenated alkanes) is 6. The molecule has 0 aromatic heterocycles. The van der Waals surface area contributed by atoms with Crippen LogP contribution in [0.4, 0.5) is 11.4 Å². The molecule has 0 N–H and O–H groups in total. The Morgan fingerprint density at radius 1 is 0.226 bits per heavy atom. The first kappa shape index (κ1) is 90.7. The lowest BCUT2D eigenvalue weighted by Crippen LogP contribution is -2.41. The Morgan fingerprint density at radius 2 is 0.427 bits per heavy atom. The number of anilines is 2. The Hall–Kier alpha value is -11.0. The average molecular weight is 1680 g/mol. The van der Waals surface area contributed by atoms with Gasteiger partial charge in [-0.15, -0.1) is 0 Å². The molecule has 13 rings (SSSR count). The zero-order valence-electron chi connectivity index (χ0n) is 75.5. The number of hydrogen-bond acceptors (Lipinski definition) is 14. The van der Waals surface area contributed by atoms with Crippen molar-refractivity contribution in [2.24, 2.45) is 35.5 Å². The summed E-state index contributed by atoms with van der Waals surface area (Å²) >= 11 is 0. The Labute approximate surface area is 735 Å². The number of ether oxygens (including phenoxy) is 10. The summed E-state index contributed by atoms with van der Waals surface area (Å²) in [6.07, 6.45) is 23.1. The molecule has 2 aliphatic heterocycles. The van der Waals surface area contributed by atoms with Crippen LogP contribution in [0.5, 0.6) is 80.5 Å². The highest BCUT2D eigenvalue weighted by Gasteiger charge is 2.46. The van der Waals surface area contributed by atoms with Gasteiger partial charge in [-0.3, -0.25) is 19.2 Å². The number of rotatable bonds is 52. The summed E-state index contributed by atoms with van der Waals surface area (Å²) in [6.45, 7) is 28.3. The Bertz CT molecular complexity index is 4760. The van der Waals surface area contributed by atoms with Gasteiger partial charge in [0.1, 0.15) is 68.9 Å². The number of carbonyl (C=O) groups excluding carboxylic acids is 4. The van der Waals surface area contributed by atoms with Gasteiger partial charge in [0, 0.05) is 67.4 Å². The van der Waals surface area contributed by atoms with Crippen LogP contribution in [0.1, 0.15) is 279 Å². The summed E-state index contributed by atoms with van der Waals surface area (Å²) in [5.74, 6) is 2.84. The van der Waals surface area contributed by atoms with Gasteiger partial charge >= 0.3 is 0 Å². The molecule has 0 fully saturated rings. The van der Waals surface area contributed by atoms with Gasteiger partial charge in [-0.1, -0.05) is 271 Å². The summed E-state index contributed by atoms with van der Waals surface area (Å²) < 4.78 is 72.2. The van der Waals surface area contributed by atoms with Gasteiger partial charge < -0.3 is 47.4 Å². The zero-order chi connectivity index (χ0) is 87.2. The van der Waals surface area contributed by atoms with Crippen LogP contribution in [-0.2, 0) is 0 Å². The molecule has 4 amide bonds. The second-order valence-corrected chi connectivity index (χ2v) is 34.1. The molecule has 656 valence electrons. The molecule has 0 radical (unpaired) electrons. The first-order valence-corrected chi connectivity index (χ1v) is 46.8. The number of nitrogens with zero attached hydrogens (tertiary/aromatic N) is 2. The fourth-order valence-corrected chi connectivity index (χ4v) is 17.5. The van der Waals surface area contributed by atoms with Crippen LogP contribution in [-0.4, -0.2) is 63.3 Å². The minimum Gasteiger partial charge on any atom is -0.493 e. The lowest BCUT2D eigenvalue weighted by Gasteiger charge is -2.34. The normalized spacial score (nSPS) is 14.1. The highest BCUT2D eigenvalue weighted by molar-refractivity contribution is 6.48. The van der Waals surface area contributed by atoms with Crippen molar-refractivity contribution in [2.75, 3.05) is 49.4 Å². The first-order chi connectivity index (χ1) is 60.7. The van der Waals surface area contributed by atoms with Crippen molar-refractivity contribution in [2.45, 2.75) is 237 Å². The van der Waals surface area contributed by atoms with Gasteiger partial charge in [-0.05, 0) is 147 Å². The summed E-state index contributed by atoms with van der Waals surface area (Å²) in [7, 11) is 0. The third-order valence-corrected chi connectivity index (χ3v) is 25.4. The van der Waals surface area contributed by atoms with Crippen LogP contribution in [0.25, 0.3) is 43.1 Å². The molecule has 6 atom stereocenters. The maximum atomic E-state index is 17.3. The van der Waals surface area contributed by atoms with Crippen LogP contribution in [0.15, 0.2) is 170 Å². The minimum atomic E-state index is -0.677. The number of imide groups is 2. The number of amides is 4. The molecule has 0 spiro atoms. The number of para-hydroxylation sites is 4. The van der Waals surface area contributed by atoms with Crippen molar-refractivity contribution in [3.63, 3.8) is 0 Å². The van der Waals surface area contributed by atoms with Gasteiger partial charge in [0.15, 0.2) is 23.0 Å². The molecule has 2 heterocycles. The van der Waals surface area contributed by atoms with E-state index in [-0.39, 0.29) is 126 Å². The summed E-state index contributed by atoms with van der Waals surface area (Å²) in [6, 6.07) is 51.6. The van der Waals surface area contributed by atoms with Gasteiger partial charge in [-0.2, -0.15) is 0 Å². The maximum Gasteiger partial charge on any atom is 0.266 e. The predicted octanol–water partition coefficient (Wildman–Crippen LogP) is 30.1. The van der Waals surface area contributed by atoms with Crippen molar-refractivity contribution in [1.29, 1.82) is 0 Å². The topological polar surface area (TPSA) is 167 Å². The first-order valence-electron chi connectivity index (χ1n) is 46.8. The van der Waals surface area contributed by atoms with Crippen molar-refractivity contribution in [3.05, 3.63) is 192 Å². The standard InChI is InChI=1S/C108H130N2O14/c1-13-25-43-71(19-7)65-115-81-57-91(117-67-73(21-9)45-27-15-3)103(92(58-81)118-68-74(22-10)46-28-16-4)109-105(111)83-61-87(121-77-49-35-31-36-50-77)97-99-89(123-79-53-39-33-40-54-79)63-85-96-86(64-90(124-80-55-41-34-42-56-80)100(102(96)99)98-88(122-78-51-37-32-38-52-78)62-84(106(109)112)95(83)101(97)98)108(114)110(107(85)113)104-93(119-69-75(23-11)47-29-17-5)59-82(116-66-72(20-8)44-26-14-2)60-94(104)120-70-76(24-12)48-30-18-6/h31-42,49-64,71-76H,13-30,43-48,65-70H2,1-12H3. The number of fused-ring (bicyclic) bond motifs is 2. The van der Waals surface area contributed by atoms with Crippen molar-refractivity contribution >= 4 is 78.1 Å². The molecule has 0 saturated carbocycles. The van der Waals surface area contributed by atoms with Gasteiger partial charge in [-0.25, -0.2) is 9.80 Å². The molecule has 0 bridgehead atoms. The van der Waals surface area contributed by atoms with Crippen LogP contribution in [0, 0.1) is 35.5 Å². The van der Waals surface area contributed by atoms with Crippen molar-refractivity contribution in [1.82, 2.24) is 0 Å². The van der Waals surface area contributed by atoms with Crippen molar-refractivity contribution in [3.8, 4) is 80.5 Å². The molecule has 6 unspecified atom stereocenters. The molecule has 0 aliphatic carbocycles. The second-order valence-electron chi connectivity index (χ2n) is 34.1. The van der Waals surface area contributed by atoms with Gasteiger partial charge in [0.25, 0.3) is 23.6 Å². The summed E-state index contributed by atoms with van der Waals surface area (Å²) in [5.41, 5.74) is 0.745. The zero-order valence-corrected chi connectivity index (χ0v) is 75.5. The summed E-state index contributed by atoms with van der Waals surface area (Å²) in [4.78, 5) is 71.7. The quantitative estimate of drug-likeness (QED) is 0.0201. The van der Waals surface area contributed by atoms with Gasteiger partial charge in [0.2, 0.25) is 0 Å². The fourth-order valence-electron chi connectivity index (χ4n) is 17.5. The molecule has 11 aromatic carbocycles. The van der Waals surface area contributed by atoms with Gasteiger partial charge in [0.05, 0.1) is 61.9 Å².